The molecule has 0 radical (unpaired) electrons. The van der Waals surface area contributed by atoms with Crippen molar-refractivity contribution >= 4 is 39.9 Å². The maximum absolute atomic E-state index is 13.3. The lowest BCUT2D eigenvalue weighted by molar-refractivity contribution is 0.0238. The summed E-state index contributed by atoms with van der Waals surface area (Å²) in [6.07, 6.45) is 5.01. The van der Waals surface area contributed by atoms with Gasteiger partial charge in [0.2, 0.25) is 5.95 Å². The summed E-state index contributed by atoms with van der Waals surface area (Å²) in [5.41, 5.74) is 3.01. The van der Waals surface area contributed by atoms with E-state index in [0.717, 1.165) is 41.4 Å². The molecule has 2 N–H and O–H groups in total. The number of aryl methyl sites for hydroxylation is 1. The summed E-state index contributed by atoms with van der Waals surface area (Å²) in [5.74, 6) is 0.123. The first-order valence-electron chi connectivity index (χ1n) is 13.8. The number of imidazole rings is 1. The Morgan fingerprint density at radius 1 is 1.20 bits per heavy atom. The molecular formula is C29H37N7O4. The number of aliphatic hydroxyl groups excluding tert-OH is 1. The van der Waals surface area contributed by atoms with E-state index in [0.29, 0.717) is 36.7 Å². The Kier molecular flexibility index (Phi) is 7.50. The van der Waals surface area contributed by atoms with Crippen LogP contribution >= 0.6 is 0 Å². The number of aromatic nitrogens is 5. The van der Waals surface area contributed by atoms with Gasteiger partial charge in [0, 0.05) is 35.9 Å². The summed E-state index contributed by atoms with van der Waals surface area (Å²) in [5, 5.41) is 18.4. The Morgan fingerprint density at radius 3 is 2.73 bits per heavy atom. The van der Waals surface area contributed by atoms with Gasteiger partial charge in [0.25, 0.3) is 5.91 Å². The van der Waals surface area contributed by atoms with Gasteiger partial charge in [0.15, 0.2) is 0 Å². The number of aliphatic hydroxyl groups is 1. The van der Waals surface area contributed by atoms with Crippen LogP contribution in [0.4, 0.5) is 10.7 Å². The van der Waals surface area contributed by atoms with E-state index in [1.807, 2.05) is 44.4 Å². The first-order chi connectivity index (χ1) is 19.0. The van der Waals surface area contributed by atoms with Crippen LogP contribution in [0.5, 0.6) is 0 Å². The van der Waals surface area contributed by atoms with Crippen LogP contribution in [-0.2, 0) is 11.3 Å². The highest BCUT2D eigenvalue weighted by Crippen LogP contribution is 2.33. The fourth-order valence-corrected chi connectivity index (χ4v) is 5.20. The molecule has 1 aliphatic heterocycles. The predicted molar refractivity (Wildman–Crippen MR) is 152 cm³/mol. The van der Waals surface area contributed by atoms with Crippen LogP contribution in [0.15, 0.2) is 36.7 Å². The van der Waals surface area contributed by atoms with Gasteiger partial charge >= 0.3 is 6.09 Å². The summed E-state index contributed by atoms with van der Waals surface area (Å²) >= 11 is 0. The number of likely N-dealkylation sites (tertiary alicyclic amines) is 1. The van der Waals surface area contributed by atoms with Crippen molar-refractivity contribution in [3.05, 3.63) is 47.9 Å². The largest absolute Gasteiger partial charge is 0.444 e. The van der Waals surface area contributed by atoms with Gasteiger partial charge in [-0.05, 0) is 78.1 Å². The van der Waals surface area contributed by atoms with Crippen molar-refractivity contribution < 1.29 is 19.4 Å². The van der Waals surface area contributed by atoms with Crippen molar-refractivity contribution in [2.75, 3.05) is 18.4 Å². The summed E-state index contributed by atoms with van der Waals surface area (Å²) in [6.45, 7) is 10.5. The molecule has 0 bridgehead atoms. The fraction of sp³-hybridized carbons (Fsp3) is 0.483. The summed E-state index contributed by atoms with van der Waals surface area (Å²) in [6, 6.07) is 7.20. The summed E-state index contributed by atoms with van der Waals surface area (Å²) < 4.78 is 9.50. The number of hydrogen-bond acceptors (Lipinski definition) is 7. The third-order valence-corrected chi connectivity index (χ3v) is 6.94. The van der Waals surface area contributed by atoms with Crippen LogP contribution in [-0.4, -0.2) is 71.1 Å². The molecule has 11 heteroatoms. The molecule has 0 saturated carbocycles. The summed E-state index contributed by atoms with van der Waals surface area (Å²) in [4.78, 5) is 37.2. The van der Waals surface area contributed by atoms with E-state index in [1.165, 1.54) is 0 Å². The zero-order valence-electron chi connectivity index (χ0n) is 23.7. The number of fused-ring (bicyclic) bond motifs is 2. The normalized spacial score (nSPS) is 17.1. The predicted octanol–water partition coefficient (Wildman–Crippen LogP) is 4.68. The van der Waals surface area contributed by atoms with Crippen molar-refractivity contribution in [3.8, 4) is 0 Å². The van der Waals surface area contributed by atoms with Gasteiger partial charge in [0.05, 0.1) is 41.4 Å². The van der Waals surface area contributed by atoms with Gasteiger partial charge in [-0.3, -0.25) is 19.8 Å². The Morgan fingerprint density at radius 2 is 2.00 bits per heavy atom. The molecule has 212 valence electrons. The number of hydrogen-bond donors (Lipinski definition) is 2. The van der Waals surface area contributed by atoms with E-state index in [9.17, 15) is 14.7 Å². The minimum Gasteiger partial charge on any atom is -0.444 e. The molecule has 1 aromatic carbocycles. The maximum Gasteiger partial charge on any atom is 0.410 e. The number of pyridine rings is 1. The molecule has 2 amide bonds. The van der Waals surface area contributed by atoms with E-state index in [4.69, 9.17) is 9.72 Å². The van der Waals surface area contributed by atoms with Crippen LogP contribution in [0.1, 0.15) is 69.1 Å². The van der Waals surface area contributed by atoms with Crippen molar-refractivity contribution in [3.63, 3.8) is 0 Å². The third-order valence-electron chi connectivity index (χ3n) is 6.94. The molecule has 2 atom stereocenters. The van der Waals surface area contributed by atoms with Crippen LogP contribution < -0.4 is 5.32 Å². The van der Waals surface area contributed by atoms with Gasteiger partial charge in [-0.1, -0.05) is 0 Å². The highest BCUT2D eigenvalue weighted by atomic mass is 16.6. The second kappa shape index (κ2) is 10.9. The lowest BCUT2D eigenvalue weighted by Crippen LogP contribution is -2.39. The molecule has 40 heavy (non-hydrogen) atoms. The SMILES string of the molecule is Cc1cc(C(=O)Nc2nc3cc4cnn(C[C@H](C)O)c4cc3n2C2CCCCN(C(=O)OC(C)(C)C)C2)ccn1. The van der Waals surface area contributed by atoms with Crippen molar-refractivity contribution in [2.24, 2.45) is 0 Å². The number of nitrogens with one attached hydrogen (secondary N) is 1. The molecule has 5 rings (SSSR count). The number of ether oxygens (including phenoxy) is 1. The number of carbonyl (C=O) groups excluding carboxylic acids is 2. The highest BCUT2D eigenvalue weighted by Gasteiger charge is 2.30. The molecule has 4 heterocycles. The molecule has 1 fully saturated rings. The standard InChI is InChI=1S/C29H37N7O4/c1-18-12-20(9-10-30-18)26(38)33-27-32-23-13-21-15-31-35(16-19(2)37)24(21)14-25(23)36(27)22-8-6-7-11-34(17-22)28(39)40-29(3,4)5/h9-10,12-15,19,22,37H,6-8,11,16-17H2,1-5H3,(H,32,33,38)/t19-,22?/m0/s1. The van der Waals surface area contributed by atoms with E-state index < -0.39 is 11.7 Å². The first-order valence-corrected chi connectivity index (χ1v) is 13.8. The quantitative estimate of drug-likeness (QED) is 0.371. The molecule has 1 saturated heterocycles. The topological polar surface area (TPSA) is 127 Å². The van der Waals surface area contributed by atoms with Crippen molar-refractivity contribution in [2.45, 2.75) is 78.2 Å². The minimum absolute atomic E-state index is 0.153. The van der Waals surface area contributed by atoms with Crippen LogP contribution in [0.2, 0.25) is 0 Å². The number of rotatable bonds is 5. The third kappa shape index (κ3) is 5.94. The number of amides is 2. The first kappa shape index (κ1) is 27.6. The number of carbonyl (C=O) groups is 2. The second-order valence-corrected chi connectivity index (χ2v) is 11.6. The Hall–Kier alpha value is -3.99. The van der Waals surface area contributed by atoms with Crippen LogP contribution in [0, 0.1) is 6.92 Å². The zero-order chi connectivity index (χ0) is 28.6. The smallest absolute Gasteiger partial charge is 0.410 e. The second-order valence-electron chi connectivity index (χ2n) is 11.6. The minimum atomic E-state index is -0.601. The summed E-state index contributed by atoms with van der Waals surface area (Å²) in [7, 11) is 0. The molecule has 0 spiro atoms. The Balaban J connectivity index is 1.59. The van der Waals surface area contributed by atoms with E-state index in [1.54, 1.807) is 41.0 Å². The molecule has 11 nitrogen and oxygen atoms in total. The van der Waals surface area contributed by atoms with Crippen molar-refractivity contribution in [1.29, 1.82) is 0 Å². The van der Waals surface area contributed by atoms with E-state index >= 15 is 0 Å². The van der Waals surface area contributed by atoms with Gasteiger partial charge in [-0.15, -0.1) is 0 Å². The average molecular weight is 548 g/mol. The van der Waals surface area contributed by atoms with Crippen LogP contribution in [0.3, 0.4) is 0 Å². The van der Waals surface area contributed by atoms with Gasteiger partial charge in [-0.25, -0.2) is 9.78 Å². The number of anilines is 1. The Bertz CT molecular complexity index is 1550. The lowest BCUT2D eigenvalue weighted by Gasteiger charge is -2.29. The van der Waals surface area contributed by atoms with Gasteiger partial charge in [0.1, 0.15) is 5.60 Å². The number of nitrogens with zero attached hydrogens (tertiary/aromatic N) is 6. The molecule has 3 aromatic heterocycles. The number of benzene rings is 1. The highest BCUT2D eigenvalue weighted by molar-refractivity contribution is 6.04. The van der Waals surface area contributed by atoms with Crippen molar-refractivity contribution in [1.82, 2.24) is 29.2 Å². The maximum atomic E-state index is 13.3. The van der Waals surface area contributed by atoms with Gasteiger partial charge < -0.3 is 19.3 Å². The van der Waals surface area contributed by atoms with E-state index in [-0.39, 0.29) is 18.0 Å². The van der Waals surface area contributed by atoms with Crippen LogP contribution in [0.25, 0.3) is 21.9 Å². The zero-order valence-corrected chi connectivity index (χ0v) is 23.7. The molecule has 1 unspecified atom stereocenters. The fourth-order valence-electron chi connectivity index (χ4n) is 5.20. The molecule has 0 aliphatic carbocycles. The van der Waals surface area contributed by atoms with E-state index in [2.05, 4.69) is 15.4 Å². The molecule has 4 aromatic rings. The average Bonchev–Trinajstić information content (AvgIpc) is 3.30. The monoisotopic (exact) mass is 547 g/mol. The molecule has 1 aliphatic rings. The Labute approximate surface area is 233 Å². The van der Waals surface area contributed by atoms with Gasteiger partial charge in [-0.2, -0.15) is 5.10 Å². The lowest BCUT2D eigenvalue weighted by atomic mass is 10.1. The molecular weight excluding hydrogens is 510 g/mol.